The zero-order valence-corrected chi connectivity index (χ0v) is 18.1. The SMILES string of the molecule is COCCCN1CCC[C@@H](Nc2nc3nc(-c4c(C)cc(Cl)cc4O)ccc3o2)C1. The summed E-state index contributed by atoms with van der Waals surface area (Å²) in [7, 11) is 1.74. The minimum absolute atomic E-state index is 0.101. The molecule has 0 aliphatic carbocycles. The van der Waals surface area contributed by atoms with Gasteiger partial charge in [0.2, 0.25) is 5.65 Å². The first-order valence-electron chi connectivity index (χ1n) is 10.3. The van der Waals surface area contributed by atoms with Crippen LogP contribution in [-0.4, -0.2) is 59.4 Å². The average molecular weight is 431 g/mol. The van der Waals surface area contributed by atoms with Crippen LogP contribution in [-0.2, 0) is 4.74 Å². The van der Waals surface area contributed by atoms with Crippen molar-refractivity contribution >= 4 is 28.8 Å². The molecule has 3 aromatic rings. The molecule has 4 rings (SSSR count). The molecule has 1 aliphatic rings. The Morgan fingerprint density at radius 1 is 1.33 bits per heavy atom. The Morgan fingerprint density at radius 2 is 2.20 bits per heavy atom. The van der Waals surface area contributed by atoms with Crippen LogP contribution >= 0.6 is 11.6 Å². The summed E-state index contributed by atoms with van der Waals surface area (Å²) in [6, 6.07) is 7.76. The summed E-state index contributed by atoms with van der Waals surface area (Å²) >= 11 is 6.02. The third-order valence-electron chi connectivity index (χ3n) is 5.44. The number of nitrogens with zero attached hydrogens (tertiary/aromatic N) is 3. The second-order valence-corrected chi connectivity index (χ2v) is 8.22. The molecule has 8 heteroatoms. The summed E-state index contributed by atoms with van der Waals surface area (Å²) in [5, 5.41) is 14.2. The second kappa shape index (κ2) is 9.20. The standard InChI is InChI=1S/C22H27ClN4O3/c1-14-11-15(23)12-18(28)20(14)17-6-7-19-21(25-17)26-22(30-19)24-16-5-3-8-27(13-16)9-4-10-29-2/h6-7,11-12,16,28H,3-5,8-10,13H2,1-2H3,(H,24,25,26)/t16-/m1/s1. The predicted octanol–water partition coefficient (Wildman–Crippen LogP) is 4.47. The lowest BCUT2D eigenvalue weighted by Gasteiger charge is -2.32. The van der Waals surface area contributed by atoms with E-state index >= 15 is 0 Å². The highest BCUT2D eigenvalue weighted by atomic mass is 35.5. The number of fused-ring (bicyclic) bond motifs is 1. The molecule has 7 nitrogen and oxygen atoms in total. The van der Waals surface area contributed by atoms with Crippen molar-refractivity contribution in [3.05, 3.63) is 34.9 Å². The molecule has 1 aliphatic heterocycles. The minimum Gasteiger partial charge on any atom is -0.507 e. The fourth-order valence-electron chi connectivity index (χ4n) is 4.06. The van der Waals surface area contributed by atoms with Gasteiger partial charge in [-0.05, 0) is 62.6 Å². The largest absolute Gasteiger partial charge is 0.507 e. The molecule has 0 radical (unpaired) electrons. The highest BCUT2D eigenvalue weighted by molar-refractivity contribution is 6.31. The summed E-state index contributed by atoms with van der Waals surface area (Å²) in [6.07, 6.45) is 3.26. The van der Waals surface area contributed by atoms with E-state index in [0.29, 0.717) is 33.5 Å². The van der Waals surface area contributed by atoms with Crippen molar-refractivity contribution in [1.29, 1.82) is 0 Å². The molecular formula is C22H27ClN4O3. The minimum atomic E-state index is 0.101. The number of aromatic nitrogens is 2. The number of halogens is 1. The maximum absolute atomic E-state index is 10.3. The number of oxazole rings is 1. The lowest BCUT2D eigenvalue weighted by Crippen LogP contribution is -2.42. The molecule has 0 spiro atoms. The monoisotopic (exact) mass is 430 g/mol. The molecule has 2 N–H and O–H groups in total. The van der Waals surface area contributed by atoms with Crippen molar-refractivity contribution in [2.24, 2.45) is 0 Å². The van der Waals surface area contributed by atoms with E-state index < -0.39 is 0 Å². The molecule has 0 saturated carbocycles. The summed E-state index contributed by atoms with van der Waals surface area (Å²) < 4.78 is 11.0. The number of piperidine rings is 1. The van der Waals surface area contributed by atoms with Crippen LogP contribution in [0.4, 0.5) is 6.01 Å². The normalized spacial score (nSPS) is 17.5. The van der Waals surface area contributed by atoms with Crippen LogP contribution in [0.3, 0.4) is 0 Å². The average Bonchev–Trinajstić information content (AvgIpc) is 3.09. The highest BCUT2D eigenvalue weighted by Gasteiger charge is 2.21. The van der Waals surface area contributed by atoms with Gasteiger partial charge in [-0.15, -0.1) is 0 Å². The fourth-order valence-corrected chi connectivity index (χ4v) is 4.33. The van der Waals surface area contributed by atoms with Gasteiger partial charge in [-0.25, -0.2) is 4.98 Å². The highest BCUT2D eigenvalue weighted by Crippen LogP contribution is 2.35. The van der Waals surface area contributed by atoms with Gasteiger partial charge in [-0.3, -0.25) is 0 Å². The molecule has 1 fully saturated rings. The van der Waals surface area contributed by atoms with E-state index in [1.54, 1.807) is 13.2 Å². The summed E-state index contributed by atoms with van der Waals surface area (Å²) in [5.41, 5.74) is 3.26. The number of pyridine rings is 1. The number of phenolic OH excluding ortho intramolecular Hbond substituents is 1. The molecule has 160 valence electrons. The van der Waals surface area contributed by atoms with Gasteiger partial charge in [-0.2, -0.15) is 4.98 Å². The Hall–Kier alpha value is -2.35. The molecule has 2 aromatic heterocycles. The van der Waals surface area contributed by atoms with Crippen LogP contribution in [0.5, 0.6) is 5.75 Å². The van der Waals surface area contributed by atoms with E-state index in [-0.39, 0.29) is 11.8 Å². The number of anilines is 1. The maximum atomic E-state index is 10.3. The molecular weight excluding hydrogens is 404 g/mol. The van der Waals surface area contributed by atoms with Crippen molar-refractivity contribution < 1.29 is 14.3 Å². The first-order valence-corrected chi connectivity index (χ1v) is 10.7. The van der Waals surface area contributed by atoms with Crippen LogP contribution < -0.4 is 5.32 Å². The van der Waals surface area contributed by atoms with Gasteiger partial charge in [0.25, 0.3) is 6.01 Å². The number of phenols is 1. The van der Waals surface area contributed by atoms with Crippen molar-refractivity contribution in [2.75, 3.05) is 38.7 Å². The number of likely N-dealkylation sites (tertiary alicyclic amines) is 1. The quantitative estimate of drug-likeness (QED) is 0.535. The molecule has 3 heterocycles. The van der Waals surface area contributed by atoms with Crippen molar-refractivity contribution in [2.45, 2.75) is 32.2 Å². The lowest BCUT2D eigenvalue weighted by atomic mass is 10.0. The van der Waals surface area contributed by atoms with E-state index in [4.69, 9.17) is 20.8 Å². The molecule has 1 atom stereocenters. The van der Waals surface area contributed by atoms with Gasteiger partial charge < -0.3 is 24.5 Å². The fraction of sp³-hybridized carbons (Fsp3) is 0.455. The third-order valence-corrected chi connectivity index (χ3v) is 5.66. The Bertz CT molecular complexity index is 1000. The number of aryl methyl sites for hydroxylation is 1. The first kappa shape index (κ1) is 20.9. The van der Waals surface area contributed by atoms with Gasteiger partial charge in [0.1, 0.15) is 5.75 Å². The molecule has 0 unspecified atom stereocenters. The first-order chi connectivity index (χ1) is 14.5. The van der Waals surface area contributed by atoms with E-state index in [9.17, 15) is 5.11 Å². The van der Waals surface area contributed by atoms with Gasteiger partial charge in [0.05, 0.1) is 5.69 Å². The zero-order chi connectivity index (χ0) is 21.1. The van der Waals surface area contributed by atoms with Crippen molar-refractivity contribution in [3.8, 4) is 17.0 Å². The Balaban J connectivity index is 1.49. The Kier molecular flexibility index (Phi) is 6.41. The number of hydrogen-bond acceptors (Lipinski definition) is 7. The molecule has 0 bridgehead atoms. The number of hydrogen-bond donors (Lipinski definition) is 2. The Morgan fingerprint density at radius 3 is 3.00 bits per heavy atom. The van der Waals surface area contributed by atoms with Crippen LogP contribution in [0.15, 0.2) is 28.7 Å². The topological polar surface area (TPSA) is 83.7 Å². The van der Waals surface area contributed by atoms with Gasteiger partial charge in [-0.1, -0.05) is 11.6 Å². The molecule has 30 heavy (non-hydrogen) atoms. The van der Waals surface area contributed by atoms with Crippen LogP contribution in [0, 0.1) is 6.92 Å². The summed E-state index contributed by atoms with van der Waals surface area (Å²) in [4.78, 5) is 11.6. The number of methoxy groups -OCH3 is 1. The number of rotatable bonds is 7. The lowest BCUT2D eigenvalue weighted by molar-refractivity contribution is 0.158. The Labute approximate surface area is 181 Å². The van der Waals surface area contributed by atoms with Crippen LogP contribution in [0.2, 0.25) is 5.02 Å². The number of aromatic hydroxyl groups is 1. The summed E-state index contributed by atoms with van der Waals surface area (Å²) in [6.45, 7) is 5.79. The number of ether oxygens (including phenoxy) is 1. The second-order valence-electron chi connectivity index (χ2n) is 7.78. The van der Waals surface area contributed by atoms with Gasteiger partial charge >= 0.3 is 0 Å². The van der Waals surface area contributed by atoms with Gasteiger partial charge in [0, 0.05) is 43.4 Å². The smallest absolute Gasteiger partial charge is 0.297 e. The molecule has 1 aromatic carbocycles. The molecule has 1 saturated heterocycles. The predicted molar refractivity (Wildman–Crippen MR) is 118 cm³/mol. The number of benzene rings is 1. The van der Waals surface area contributed by atoms with Crippen LogP contribution in [0.25, 0.3) is 22.5 Å². The van der Waals surface area contributed by atoms with E-state index in [1.807, 2.05) is 19.1 Å². The van der Waals surface area contributed by atoms with Crippen molar-refractivity contribution in [3.63, 3.8) is 0 Å². The summed E-state index contributed by atoms with van der Waals surface area (Å²) in [5.74, 6) is 0.101. The van der Waals surface area contributed by atoms with E-state index in [0.717, 1.165) is 51.1 Å². The number of nitrogens with one attached hydrogen (secondary N) is 1. The van der Waals surface area contributed by atoms with Crippen molar-refractivity contribution in [1.82, 2.24) is 14.9 Å². The zero-order valence-electron chi connectivity index (χ0n) is 17.3. The van der Waals surface area contributed by atoms with Gasteiger partial charge in [0.15, 0.2) is 5.58 Å². The van der Waals surface area contributed by atoms with E-state index in [1.165, 1.54) is 6.07 Å². The van der Waals surface area contributed by atoms with E-state index in [2.05, 4.69) is 20.2 Å². The maximum Gasteiger partial charge on any atom is 0.297 e. The molecule has 0 amide bonds. The van der Waals surface area contributed by atoms with Crippen LogP contribution in [0.1, 0.15) is 24.8 Å². The third kappa shape index (κ3) is 4.69.